The molecule has 0 spiro atoms. The highest BCUT2D eigenvalue weighted by molar-refractivity contribution is 7.91. The van der Waals surface area contributed by atoms with Crippen LogP contribution < -0.4 is 4.74 Å². The van der Waals surface area contributed by atoms with Crippen molar-refractivity contribution in [1.82, 2.24) is 13.9 Å². The zero-order valence-corrected chi connectivity index (χ0v) is 22.1. The van der Waals surface area contributed by atoms with Gasteiger partial charge < -0.3 is 14.4 Å². The molecule has 3 aromatic heterocycles. The second-order valence-electron chi connectivity index (χ2n) is 8.86. The third kappa shape index (κ3) is 5.16. The molecule has 0 amide bonds. The number of carboxylic acids is 1. The van der Waals surface area contributed by atoms with Gasteiger partial charge in [0, 0.05) is 36.4 Å². The Kier molecular flexibility index (Phi) is 7.49. The van der Waals surface area contributed by atoms with Gasteiger partial charge in [0.1, 0.15) is 22.1 Å². The van der Waals surface area contributed by atoms with Gasteiger partial charge in [-0.2, -0.15) is 4.31 Å². The van der Waals surface area contributed by atoms with Crippen LogP contribution in [0.1, 0.15) is 27.2 Å². The zero-order valence-electron chi connectivity index (χ0n) is 20.4. The SMILES string of the molecule is CCCN(CCOc1ccc2c(ccn2C(C)(C)C(=O)O)c1)S(=O)(=O)c1ccc(-c2ccccn2)s1. The molecule has 0 bridgehead atoms. The van der Waals surface area contributed by atoms with E-state index in [9.17, 15) is 18.3 Å². The van der Waals surface area contributed by atoms with E-state index in [0.29, 0.717) is 18.7 Å². The summed E-state index contributed by atoms with van der Waals surface area (Å²) in [6, 6.07) is 16.2. The Hall–Kier alpha value is -3.21. The summed E-state index contributed by atoms with van der Waals surface area (Å²) >= 11 is 1.21. The van der Waals surface area contributed by atoms with Crippen molar-refractivity contribution in [2.24, 2.45) is 0 Å². The topological polar surface area (TPSA) is 102 Å². The minimum Gasteiger partial charge on any atom is -0.492 e. The van der Waals surface area contributed by atoms with Crippen LogP contribution in [0.5, 0.6) is 5.75 Å². The average molecular weight is 528 g/mol. The Bertz CT molecular complexity index is 1460. The number of carboxylic acid groups (broad SMARTS) is 1. The van der Waals surface area contributed by atoms with Crippen LogP contribution in [0.4, 0.5) is 0 Å². The van der Waals surface area contributed by atoms with Crippen LogP contribution in [-0.2, 0) is 20.4 Å². The van der Waals surface area contributed by atoms with Gasteiger partial charge in [0.25, 0.3) is 10.0 Å². The number of sulfonamides is 1. The highest BCUT2D eigenvalue weighted by atomic mass is 32.2. The monoisotopic (exact) mass is 527 g/mol. The van der Waals surface area contributed by atoms with E-state index >= 15 is 0 Å². The number of ether oxygens (including phenoxy) is 1. The van der Waals surface area contributed by atoms with Gasteiger partial charge in [-0.25, -0.2) is 13.2 Å². The predicted octanol–water partition coefficient (Wildman–Crippen LogP) is 5.06. The fraction of sp³-hybridized carbons (Fsp3) is 0.308. The lowest BCUT2D eigenvalue weighted by Gasteiger charge is -2.23. The summed E-state index contributed by atoms with van der Waals surface area (Å²) in [5.41, 5.74) is 0.439. The molecule has 190 valence electrons. The number of nitrogens with zero attached hydrogens (tertiary/aromatic N) is 3. The molecule has 1 aromatic carbocycles. The molecule has 36 heavy (non-hydrogen) atoms. The molecule has 0 fully saturated rings. The molecule has 3 heterocycles. The number of benzene rings is 1. The van der Waals surface area contributed by atoms with Crippen LogP contribution in [0.25, 0.3) is 21.5 Å². The van der Waals surface area contributed by atoms with E-state index in [-0.39, 0.29) is 17.4 Å². The predicted molar refractivity (Wildman–Crippen MR) is 141 cm³/mol. The molecule has 1 N–H and O–H groups in total. The van der Waals surface area contributed by atoms with Crippen molar-refractivity contribution >= 4 is 38.2 Å². The van der Waals surface area contributed by atoms with Crippen molar-refractivity contribution < 1.29 is 23.1 Å². The minimum absolute atomic E-state index is 0.185. The Morgan fingerprint density at radius 3 is 2.64 bits per heavy atom. The maximum Gasteiger partial charge on any atom is 0.329 e. The molecule has 0 aliphatic heterocycles. The van der Waals surface area contributed by atoms with Crippen molar-refractivity contribution in [3.63, 3.8) is 0 Å². The lowest BCUT2D eigenvalue weighted by molar-refractivity contribution is -0.145. The summed E-state index contributed by atoms with van der Waals surface area (Å²) in [6.07, 6.45) is 4.11. The molecule has 0 atom stereocenters. The first kappa shape index (κ1) is 25.9. The maximum absolute atomic E-state index is 13.3. The van der Waals surface area contributed by atoms with E-state index in [4.69, 9.17) is 4.74 Å². The van der Waals surface area contributed by atoms with Crippen molar-refractivity contribution in [2.45, 2.75) is 36.9 Å². The summed E-state index contributed by atoms with van der Waals surface area (Å²) in [7, 11) is -3.68. The van der Waals surface area contributed by atoms with E-state index < -0.39 is 21.5 Å². The molecule has 0 unspecified atom stereocenters. The molecule has 4 rings (SSSR count). The summed E-state index contributed by atoms with van der Waals surface area (Å²) in [5, 5.41) is 10.4. The van der Waals surface area contributed by atoms with Crippen LogP contribution in [0.3, 0.4) is 0 Å². The van der Waals surface area contributed by atoms with Crippen molar-refractivity contribution in [3.8, 4) is 16.3 Å². The Balaban J connectivity index is 1.46. The van der Waals surface area contributed by atoms with Crippen LogP contribution >= 0.6 is 11.3 Å². The fourth-order valence-corrected chi connectivity index (χ4v) is 6.85. The summed E-state index contributed by atoms with van der Waals surface area (Å²) < 4.78 is 36.0. The number of aliphatic carboxylic acids is 1. The molecular formula is C26H29N3O5S2. The van der Waals surface area contributed by atoms with Crippen LogP contribution in [0.2, 0.25) is 0 Å². The number of hydrogen-bond acceptors (Lipinski definition) is 6. The molecule has 0 aliphatic rings. The van der Waals surface area contributed by atoms with E-state index in [2.05, 4.69) is 4.98 Å². The standard InChI is InChI=1S/C26H29N3O5S2/c1-4-14-28(36(32,33)24-11-10-23(35-24)21-7-5-6-13-27-21)16-17-34-20-8-9-22-19(18-20)12-15-29(22)26(2,3)25(30)31/h5-13,15,18H,4,14,16-17H2,1-3H3,(H,30,31). The zero-order chi connectivity index (χ0) is 25.9. The lowest BCUT2D eigenvalue weighted by Crippen LogP contribution is -2.35. The van der Waals surface area contributed by atoms with Gasteiger partial charge in [-0.15, -0.1) is 11.3 Å². The largest absolute Gasteiger partial charge is 0.492 e. The first-order chi connectivity index (χ1) is 17.1. The number of fused-ring (bicyclic) bond motifs is 1. The smallest absolute Gasteiger partial charge is 0.329 e. The molecular weight excluding hydrogens is 498 g/mol. The van der Waals surface area contributed by atoms with Gasteiger partial charge >= 0.3 is 5.97 Å². The molecule has 0 aliphatic carbocycles. The molecule has 4 aromatic rings. The van der Waals surface area contributed by atoms with Gasteiger partial charge in [-0.3, -0.25) is 4.98 Å². The summed E-state index contributed by atoms with van der Waals surface area (Å²) in [6.45, 7) is 6.01. The second-order valence-corrected chi connectivity index (χ2v) is 12.1. The Morgan fingerprint density at radius 1 is 1.14 bits per heavy atom. The molecule has 0 radical (unpaired) electrons. The Morgan fingerprint density at radius 2 is 1.94 bits per heavy atom. The molecule has 0 saturated heterocycles. The summed E-state index contributed by atoms with van der Waals surface area (Å²) in [5.74, 6) is -0.328. The number of aromatic nitrogens is 2. The number of hydrogen-bond donors (Lipinski definition) is 1. The summed E-state index contributed by atoms with van der Waals surface area (Å²) in [4.78, 5) is 16.7. The average Bonchev–Trinajstić information content (AvgIpc) is 3.52. The Labute approximate surface area is 214 Å². The number of carbonyl (C=O) groups is 1. The van der Waals surface area contributed by atoms with Crippen molar-refractivity contribution in [3.05, 3.63) is 67.0 Å². The van der Waals surface area contributed by atoms with Crippen molar-refractivity contribution in [2.75, 3.05) is 19.7 Å². The van der Waals surface area contributed by atoms with Gasteiger partial charge in [-0.05, 0) is 68.8 Å². The van der Waals surface area contributed by atoms with Gasteiger partial charge in [0.05, 0.1) is 10.6 Å². The van der Waals surface area contributed by atoms with E-state index in [1.165, 1.54) is 15.6 Å². The third-order valence-electron chi connectivity index (χ3n) is 5.96. The molecule has 8 nitrogen and oxygen atoms in total. The second kappa shape index (κ2) is 10.4. The maximum atomic E-state index is 13.3. The van der Waals surface area contributed by atoms with Gasteiger partial charge in [0.2, 0.25) is 0 Å². The lowest BCUT2D eigenvalue weighted by atomic mass is 10.1. The van der Waals surface area contributed by atoms with Crippen LogP contribution in [0, 0.1) is 0 Å². The van der Waals surface area contributed by atoms with Gasteiger partial charge in [-0.1, -0.05) is 13.0 Å². The fourth-order valence-electron chi connectivity index (χ4n) is 3.90. The molecule has 10 heteroatoms. The van der Waals surface area contributed by atoms with E-state index in [0.717, 1.165) is 21.5 Å². The normalized spacial score (nSPS) is 12.3. The highest BCUT2D eigenvalue weighted by Gasteiger charge is 2.30. The first-order valence-electron chi connectivity index (χ1n) is 11.6. The van der Waals surface area contributed by atoms with Crippen LogP contribution in [-0.4, -0.2) is 53.0 Å². The third-order valence-corrected chi connectivity index (χ3v) is 9.44. The quantitative estimate of drug-likeness (QED) is 0.292. The number of thiophene rings is 1. The number of rotatable bonds is 11. The first-order valence-corrected chi connectivity index (χ1v) is 13.9. The highest BCUT2D eigenvalue weighted by Crippen LogP contribution is 2.31. The van der Waals surface area contributed by atoms with Crippen molar-refractivity contribution in [1.29, 1.82) is 0 Å². The minimum atomic E-state index is -3.68. The van der Waals surface area contributed by atoms with Crippen LogP contribution in [0.15, 0.2) is 71.2 Å². The van der Waals surface area contributed by atoms with E-state index in [1.54, 1.807) is 49.0 Å². The molecule has 0 saturated carbocycles. The van der Waals surface area contributed by atoms with E-state index in [1.807, 2.05) is 43.3 Å². The number of pyridine rings is 1. The van der Waals surface area contributed by atoms with Gasteiger partial charge in [0.15, 0.2) is 0 Å².